The molecule has 2 aromatic rings. The fraction of sp³-hybridized carbons (Fsp3) is 0.643. The number of esters is 1. The third kappa shape index (κ3) is 10.3. The summed E-state index contributed by atoms with van der Waals surface area (Å²) in [5.41, 5.74) is 1.01. The van der Waals surface area contributed by atoms with Crippen molar-refractivity contribution in [2.75, 3.05) is 20.3 Å². The van der Waals surface area contributed by atoms with E-state index >= 15 is 0 Å². The number of hydrogen-bond donors (Lipinski definition) is 1. The maximum absolute atomic E-state index is 12.2. The van der Waals surface area contributed by atoms with Crippen molar-refractivity contribution >= 4 is 31.4 Å². The highest BCUT2D eigenvalue weighted by molar-refractivity contribution is 6.74. The van der Waals surface area contributed by atoms with Gasteiger partial charge in [0.05, 0.1) is 19.8 Å². The van der Waals surface area contributed by atoms with Crippen molar-refractivity contribution in [3.8, 4) is 0 Å². The van der Waals surface area contributed by atoms with Crippen molar-refractivity contribution in [1.29, 1.82) is 0 Å². The van der Waals surface area contributed by atoms with Crippen LogP contribution >= 0.6 is 0 Å². The molecule has 0 radical (unpaired) electrons. The van der Waals surface area contributed by atoms with Crippen molar-refractivity contribution in [1.82, 2.24) is 15.3 Å². The van der Waals surface area contributed by atoms with Crippen LogP contribution in [0.25, 0.3) is 11.0 Å². The lowest BCUT2D eigenvalue weighted by Gasteiger charge is -2.39. The molecule has 0 aliphatic heterocycles. The quantitative estimate of drug-likeness (QED) is 0.213. The van der Waals surface area contributed by atoms with Gasteiger partial charge in [0.2, 0.25) is 0 Å². The Kier molecular flexibility index (Phi) is 11.2. The number of nitrogens with one attached hydrogen (secondary N) is 1. The number of carbonyl (C=O) groups excluding carboxylic acids is 2. The molecular weight excluding hydrogens is 502 g/mol. The van der Waals surface area contributed by atoms with Crippen LogP contribution in [0, 0.1) is 0 Å². The average Bonchev–Trinajstić information content (AvgIpc) is 2.81. The standard InChI is InChI=1S/C28H45N3O6Si/c1-27(2,3)36-26(33)31-23(25(32)34-7)16-18-35-19-22(37-38(8,9)28(4,5)6)15-14-21-13-12-20-11-10-17-29-24(20)30-21/h10-13,17,22-23H,14-16,18-19H2,1-9H3,(H,31,33). The number of ether oxygens (including phenoxy) is 3. The molecule has 2 aromatic heterocycles. The van der Waals surface area contributed by atoms with Crippen molar-refractivity contribution < 1.29 is 28.2 Å². The molecule has 38 heavy (non-hydrogen) atoms. The van der Waals surface area contributed by atoms with Gasteiger partial charge in [0.15, 0.2) is 14.0 Å². The average molecular weight is 548 g/mol. The second kappa shape index (κ2) is 13.5. The van der Waals surface area contributed by atoms with E-state index in [9.17, 15) is 9.59 Å². The summed E-state index contributed by atoms with van der Waals surface area (Å²) >= 11 is 0. The van der Waals surface area contributed by atoms with E-state index < -0.39 is 32.0 Å². The number of nitrogens with zero attached hydrogens (tertiary/aromatic N) is 2. The summed E-state index contributed by atoms with van der Waals surface area (Å²) in [6, 6.07) is 7.09. The predicted molar refractivity (Wildman–Crippen MR) is 151 cm³/mol. The number of pyridine rings is 2. The van der Waals surface area contributed by atoms with Crippen LogP contribution in [-0.2, 0) is 29.9 Å². The molecule has 10 heteroatoms. The van der Waals surface area contributed by atoms with E-state index in [1.165, 1.54) is 7.11 Å². The zero-order chi connectivity index (χ0) is 28.6. The smallest absolute Gasteiger partial charge is 0.408 e. The lowest BCUT2D eigenvalue weighted by molar-refractivity contribution is -0.143. The molecule has 2 unspecified atom stereocenters. The maximum atomic E-state index is 12.2. The topological polar surface area (TPSA) is 109 Å². The Bertz CT molecular complexity index is 1060. The molecule has 212 valence electrons. The number of rotatable bonds is 12. The maximum Gasteiger partial charge on any atom is 0.408 e. The highest BCUT2D eigenvalue weighted by Crippen LogP contribution is 2.37. The van der Waals surface area contributed by atoms with Crippen molar-refractivity contribution in [3.05, 3.63) is 36.2 Å². The van der Waals surface area contributed by atoms with Gasteiger partial charge in [-0.05, 0) is 76.0 Å². The van der Waals surface area contributed by atoms with Gasteiger partial charge in [0, 0.05) is 30.3 Å². The second-order valence-electron chi connectivity index (χ2n) is 12.0. The Morgan fingerprint density at radius 2 is 1.76 bits per heavy atom. The molecule has 2 heterocycles. The van der Waals surface area contributed by atoms with Crippen LogP contribution in [0.2, 0.25) is 18.1 Å². The summed E-state index contributed by atoms with van der Waals surface area (Å²) in [5, 5.41) is 3.63. The van der Waals surface area contributed by atoms with E-state index in [2.05, 4.69) is 44.2 Å². The third-order valence-electron chi connectivity index (χ3n) is 6.54. The van der Waals surface area contributed by atoms with Gasteiger partial charge in [0.25, 0.3) is 0 Å². The molecule has 0 bridgehead atoms. The third-order valence-corrected chi connectivity index (χ3v) is 11.1. The predicted octanol–water partition coefficient (Wildman–Crippen LogP) is 5.43. The van der Waals surface area contributed by atoms with E-state index in [1.807, 2.05) is 24.3 Å². The zero-order valence-corrected chi connectivity index (χ0v) is 25.4. The van der Waals surface area contributed by atoms with Gasteiger partial charge in [0.1, 0.15) is 11.6 Å². The van der Waals surface area contributed by atoms with E-state index in [4.69, 9.17) is 23.6 Å². The van der Waals surface area contributed by atoms with Crippen LogP contribution in [0.3, 0.4) is 0 Å². The number of aryl methyl sites for hydroxylation is 1. The first-order valence-corrected chi connectivity index (χ1v) is 16.1. The minimum absolute atomic E-state index is 0.0453. The summed E-state index contributed by atoms with van der Waals surface area (Å²) in [6.45, 7) is 16.9. The van der Waals surface area contributed by atoms with Gasteiger partial charge in [-0.1, -0.05) is 20.8 Å². The SMILES string of the molecule is COC(=O)C(CCOCC(CCc1ccc2cccnc2n1)O[Si](C)(C)C(C)(C)C)NC(=O)OC(C)(C)C. The lowest BCUT2D eigenvalue weighted by atomic mass is 10.1. The van der Waals surface area contributed by atoms with Gasteiger partial charge < -0.3 is 24.0 Å². The second-order valence-corrected chi connectivity index (χ2v) is 16.7. The van der Waals surface area contributed by atoms with Gasteiger partial charge in [-0.3, -0.25) is 0 Å². The number of amides is 1. The fourth-order valence-electron chi connectivity index (χ4n) is 3.47. The normalized spacial score (nSPS) is 14.1. The molecule has 0 aliphatic rings. The minimum Gasteiger partial charge on any atom is -0.467 e. The fourth-order valence-corrected chi connectivity index (χ4v) is 4.84. The summed E-state index contributed by atoms with van der Waals surface area (Å²) in [5.74, 6) is -0.551. The Morgan fingerprint density at radius 1 is 1.05 bits per heavy atom. The van der Waals surface area contributed by atoms with Crippen LogP contribution in [0.4, 0.5) is 4.79 Å². The van der Waals surface area contributed by atoms with Crippen molar-refractivity contribution in [2.24, 2.45) is 0 Å². The van der Waals surface area contributed by atoms with Gasteiger partial charge in [-0.15, -0.1) is 0 Å². The van der Waals surface area contributed by atoms with E-state index in [1.54, 1.807) is 27.0 Å². The van der Waals surface area contributed by atoms with E-state index in [0.29, 0.717) is 6.61 Å². The molecule has 2 rings (SSSR count). The molecule has 1 amide bonds. The minimum atomic E-state index is -2.06. The van der Waals surface area contributed by atoms with Crippen LogP contribution in [-0.4, -0.2) is 68.4 Å². The van der Waals surface area contributed by atoms with Crippen LogP contribution in [0.15, 0.2) is 30.5 Å². The van der Waals surface area contributed by atoms with Crippen LogP contribution in [0.1, 0.15) is 60.1 Å². The molecular formula is C28H45N3O6Si. The van der Waals surface area contributed by atoms with E-state index in [0.717, 1.165) is 29.6 Å². The molecule has 9 nitrogen and oxygen atoms in total. The highest BCUT2D eigenvalue weighted by Gasteiger charge is 2.39. The molecule has 2 atom stereocenters. The molecule has 0 saturated heterocycles. The summed E-state index contributed by atoms with van der Waals surface area (Å²) in [7, 11) is -0.777. The molecule has 0 fully saturated rings. The van der Waals surface area contributed by atoms with Crippen molar-refractivity contribution in [2.45, 2.75) is 96.7 Å². The monoisotopic (exact) mass is 547 g/mol. The van der Waals surface area contributed by atoms with Gasteiger partial charge >= 0.3 is 12.1 Å². The Balaban J connectivity index is 2.01. The number of fused-ring (bicyclic) bond motifs is 1. The van der Waals surface area contributed by atoms with Gasteiger partial charge in [-0.2, -0.15) is 0 Å². The number of alkyl carbamates (subject to hydrolysis) is 1. The number of methoxy groups -OCH3 is 1. The Morgan fingerprint density at radius 3 is 2.39 bits per heavy atom. The zero-order valence-electron chi connectivity index (χ0n) is 24.4. The largest absolute Gasteiger partial charge is 0.467 e. The summed E-state index contributed by atoms with van der Waals surface area (Å²) in [6.07, 6.45) is 2.62. The molecule has 0 aromatic carbocycles. The molecule has 1 N–H and O–H groups in total. The number of carbonyl (C=O) groups is 2. The highest BCUT2D eigenvalue weighted by atomic mass is 28.4. The molecule has 0 spiro atoms. The van der Waals surface area contributed by atoms with Gasteiger partial charge in [-0.25, -0.2) is 19.6 Å². The number of hydrogen-bond acceptors (Lipinski definition) is 8. The Hall–Kier alpha value is -2.56. The summed E-state index contributed by atoms with van der Waals surface area (Å²) in [4.78, 5) is 33.4. The van der Waals surface area contributed by atoms with Crippen LogP contribution < -0.4 is 5.32 Å². The van der Waals surface area contributed by atoms with Crippen LogP contribution in [0.5, 0.6) is 0 Å². The van der Waals surface area contributed by atoms with E-state index in [-0.39, 0.29) is 24.2 Å². The number of aromatic nitrogens is 2. The molecule has 0 aliphatic carbocycles. The lowest BCUT2D eigenvalue weighted by Crippen LogP contribution is -2.46. The summed E-state index contributed by atoms with van der Waals surface area (Å²) < 4.78 is 22.8. The first kappa shape index (κ1) is 31.7. The Labute approximate surface area is 228 Å². The first-order valence-electron chi connectivity index (χ1n) is 13.1. The molecule has 0 saturated carbocycles. The van der Waals surface area contributed by atoms with Crippen molar-refractivity contribution in [3.63, 3.8) is 0 Å². The first-order chi connectivity index (χ1) is 17.6.